The fourth-order valence-electron chi connectivity index (χ4n) is 4.44. The van der Waals surface area contributed by atoms with E-state index in [2.05, 4.69) is 27.7 Å². The lowest BCUT2D eigenvalue weighted by molar-refractivity contribution is -0.137. The van der Waals surface area contributed by atoms with Crippen molar-refractivity contribution >= 4 is 11.6 Å². The quantitative estimate of drug-likeness (QED) is 0.769. The minimum absolute atomic E-state index is 0.0432. The summed E-state index contributed by atoms with van der Waals surface area (Å²) in [5, 5.41) is 6.67. The van der Waals surface area contributed by atoms with E-state index in [-0.39, 0.29) is 11.4 Å². The van der Waals surface area contributed by atoms with Crippen LogP contribution in [0.2, 0.25) is 0 Å². The fraction of sp³-hybridized carbons (Fsp3) is 0.435. The smallest absolute Gasteiger partial charge is 0.379 e. The molecule has 7 heteroatoms. The van der Waals surface area contributed by atoms with Crippen LogP contribution in [0.4, 0.5) is 18.9 Å². The van der Waals surface area contributed by atoms with Gasteiger partial charge in [0, 0.05) is 43.8 Å². The highest BCUT2D eigenvalue weighted by atomic mass is 19.4. The molecule has 2 aliphatic rings. The van der Waals surface area contributed by atoms with Gasteiger partial charge in [-0.05, 0) is 42.5 Å². The van der Waals surface area contributed by atoms with Crippen LogP contribution in [-0.2, 0) is 23.9 Å². The number of nitrogens with zero attached hydrogens (tertiary/aromatic N) is 1. The van der Waals surface area contributed by atoms with Crippen LogP contribution >= 0.6 is 0 Å². The van der Waals surface area contributed by atoms with Gasteiger partial charge in [-0.15, -0.1) is 0 Å². The van der Waals surface area contributed by atoms with Crippen molar-refractivity contribution in [1.82, 2.24) is 10.2 Å². The third-order valence-electron chi connectivity index (χ3n) is 6.11. The number of nitrogens with one attached hydrogen (secondary N) is 2. The molecule has 160 valence electrons. The Labute approximate surface area is 174 Å². The van der Waals surface area contributed by atoms with Crippen LogP contribution in [0.5, 0.6) is 0 Å². The van der Waals surface area contributed by atoms with Crippen molar-refractivity contribution in [3.8, 4) is 0 Å². The van der Waals surface area contributed by atoms with Crippen LogP contribution in [0.1, 0.15) is 36.0 Å². The van der Waals surface area contributed by atoms with Crippen LogP contribution in [-0.4, -0.2) is 36.0 Å². The van der Waals surface area contributed by atoms with Crippen molar-refractivity contribution in [3.05, 3.63) is 65.2 Å². The first-order valence-electron chi connectivity index (χ1n) is 10.3. The second kappa shape index (κ2) is 8.30. The Morgan fingerprint density at radius 2 is 1.80 bits per heavy atom. The molecule has 1 amide bonds. The second-order valence-corrected chi connectivity index (χ2v) is 8.31. The van der Waals surface area contributed by atoms with Gasteiger partial charge in [0.15, 0.2) is 0 Å². The Hall–Kier alpha value is -2.54. The van der Waals surface area contributed by atoms with E-state index in [1.54, 1.807) is 6.07 Å². The van der Waals surface area contributed by atoms with Gasteiger partial charge in [-0.25, -0.2) is 0 Å². The molecular weight excluding hydrogens is 391 g/mol. The average molecular weight is 417 g/mol. The molecule has 0 aromatic heterocycles. The summed E-state index contributed by atoms with van der Waals surface area (Å²) in [7, 11) is 0. The molecule has 2 aromatic carbocycles. The number of likely N-dealkylation sites (tertiary alicyclic amines) is 1. The maximum atomic E-state index is 13.0. The van der Waals surface area contributed by atoms with Crippen molar-refractivity contribution in [1.29, 1.82) is 0 Å². The predicted molar refractivity (Wildman–Crippen MR) is 110 cm³/mol. The first-order chi connectivity index (χ1) is 14.3. The molecule has 1 fully saturated rings. The van der Waals surface area contributed by atoms with Crippen molar-refractivity contribution in [2.45, 2.75) is 43.9 Å². The maximum Gasteiger partial charge on any atom is 0.416 e. The number of para-hydroxylation sites is 1. The molecule has 0 saturated carbocycles. The van der Waals surface area contributed by atoms with Crippen LogP contribution in [0.3, 0.4) is 0 Å². The zero-order valence-corrected chi connectivity index (χ0v) is 16.8. The number of carbonyl (C=O) groups is 1. The van der Waals surface area contributed by atoms with Gasteiger partial charge in [0.25, 0.3) is 0 Å². The lowest BCUT2D eigenvalue weighted by atomic mass is 9.83. The van der Waals surface area contributed by atoms with Gasteiger partial charge in [-0.2, -0.15) is 13.2 Å². The third kappa shape index (κ3) is 4.78. The summed E-state index contributed by atoms with van der Waals surface area (Å²) in [5.74, 6) is 0.0432. The van der Waals surface area contributed by atoms with Crippen LogP contribution in [0.25, 0.3) is 0 Å². The molecule has 30 heavy (non-hydrogen) atoms. The summed E-state index contributed by atoms with van der Waals surface area (Å²) < 4.78 is 39.0. The van der Waals surface area contributed by atoms with E-state index in [0.717, 1.165) is 44.1 Å². The number of hydrogen-bond acceptors (Lipinski definition) is 3. The normalized spacial score (nSPS) is 19.8. The molecule has 2 N–H and O–H groups in total. The SMILES string of the molecule is O=C1CC2(CCN(Cc3cccc(C(F)(F)F)c3)CC2)Nc2ccccc2CCN1. The topological polar surface area (TPSA) is 44.4 Å². The minimum Gasteiger partial charge on any atom is -0.379 e. The Kier molecular flexibility index (Phi) is 5.73. The molecule has 0 bridgehead atoms. The van der Waals surface area contributed by atoms with Gasteiger partial charge in [0.05, 0.1) is 5.56 Å². The number of carbonyl (C=O) groups excluding carboxylic acids is 1. The van der Waals surface area contributed by atoms with E-state index in [4.69, 9.17) is 0 Å². The summed E-state index contributed by atoms with van der Waals surface area (Å²) >= 11 is 0. The first kappa shape index (κ1) is 20.7. The largest absolute Gasteiger partial charge is 0.416 e. The summed E-state index contributed by atoms with van der Waals surface area (Å²) in [6.45, 7) is 2.54. The molecule has 0 atom stereocenters. The average Bonchev–Trinajstić information content (AvgIpc) is 2.77. The van der Waals surface area contributed by atoms with Gasteiger partial charge < -0.3 is 10.6 Å². The molecule has 4 rings (SSSR count). The summed E-state index contributed by atoms with van der Waals surface area (Å²) in [4.78, 5) is 14.6. The second-order valence-electron chi connectivity index (χ2n) is 8.31. The number of hydrogen-bond donors (Lipinski definition) is 2. The van der Waals surface area contributed by atoms with E-state index in [0.29, 0.717) is 25.1 Å². The van der Waals surface area contributed by atoms with E-state index < -0.39 is 11.7 Å². The summed E-state index contributed by atoms with van der Waals surface area (Å²) in [5.41, 5.74) is 1.96. The minimum atomic E-state index is -4.33. The number of amides is 1. The van der Waals surface area contributed by atoms with Gasteiger partial charge in [-0.1, -0.05) is 36.4 Å². The fourth-order valence-corrected chi connectivity index (χ4v) is 4.44. The molecule has 4 nitrogen and oxygen atoms in total. The molecule has 0 radical (unpaired) electrons. The number of rotatable bonds is 2. The number of anilines is 1. The molecule has 2 aromatic rings. The number of piperidine rings is 1. The van der Waals surface area contributed by atoms with Gasteiger partial charge in [0.2, 0.25) is 5.91 Å². The van der Waals surface area contributed by atoms with E-state index >= 15 is 0 Å². The Bertz CT molecular complexity index is 905. The zero-order valence-electron chi connectivity index (χ0n) is 16.8. The molecular formula is C23H26F3N3O. The van der Waals surface area contributed by atoms with Gasteiger partial charge in [-0.3, -0.25) is 9.69 Å². The summed E-state index contributed by atoms with van der Waals surface area (Å²) in [6, 6.07) is 13.7. The van der Waals surface area contributed by atoms with Crippen LogP contribution < -0.4 is 10.6 Å². The molecule has 0 aliphatic carbocycles. The van der Waals surface area contributed by atoms with E-state index in [1.807, 2.05) is 12.1 Å². The maximum absolute atomic E-state index is 13.0. The highest BCUT2D eigenvalue weighted by Crippen LogP contribution is 2.34. The van der Waals surface area contributed by atoms with E-state index in [1.165, 1.54) is 17.7 Å². The zero-order chi connectivity index (χ0) is 21.2. The van der Waals surface area contributed by atoms with Crippen LogP contribution in [0, 0.1) is 0 Å². The third-order valence-corrected chi connectivity index (χ3v) is 6.11. The number of alkyl halides is 3. The van der Waals surface area contributed by atoms with Crippen molar-refractivity contribution < 1.29 is 18.0 Å². The summed E-state index contributed by atoms with van der Waals surface area (Å²) in [6.07, 6.45) is -1.63. The number of halogens is 3. The Morgan fingerprint density at radius 3 is 2.57 bits per heavy atom. The van der Waals surface area contributed by atoms with Crippen molar-refractivity contribution in [2.75, 3.05) is 25.0 Å². The lowest BCUT2D eigenvalue weighted by Gasteiger charge is -2.43. The Morgan fingerprint density at radius 1 is 1.03 bits per heavy atom. The van der Waals surface area contributed by atoms with E-state index in [9.17, 15) is 18.0 Å². The molecule has 0 unspecified atom stereocenters. The molecule has 1 saturated heterocycles. The monoisotopic (exact) mass is 417 g/mol. The Balaban J connectivity index is 1.46. The molecule has 2 heterocycles. The predicted octanol–water partition coefficient (Wildman–Crippen LogP) is 4.21. The lowest BCUT2D eigenvalue weighted by Crippen LogP contribution is -2.51. The first-order valence-corrected chi connectivity index (χ1v) is 10.3. The standard InChI is InChI=1S/C23H26F3N3O/c24-23(25,26)19-6-3-4-17(14-19)16-29-12-9-22(10-13-29)15-21(30)27-11-8-18-5-1-2-7-20(18)28-22/h1-7,14,28H,8-13,15-16H2,(H,27,30). The van der Waals surface area contributed by atoms with Crippen molar-refractivity contribution in [3.63, 3.8) is 0 Å². The number of benzene rings is 2. The van der Waals surface area contributed by atoms with Crippen LogP contribution in [0.15, 0.2) is 48.5 Å². The van der Waals surface area contributed by atoms with Gasteiger partial charge in [0.1, 0.15) is 0 Å². The highest BCUT2D eigenvalue weighted by molar-refractivity contribution is 5.78. The highest BCUT2D eigenvalue weighted by Gasteiger charge is 2.37. The molecule has 2 aliphatic heterocycles. The van der Waals surface area contributed by atoms with Crippen molar-refractivity contribution in [2.24, 2.45) is 0 Å². The molecule has 1 spiro atoms. The van der Waals surface area contributed by atoms with Gasteiger partial charge >= 0.3 is 6.18 Å². The number of fused-ring (bicyclic) bond motifs is 1.